The van der Waals surface area contributed by atoms with Gasteiger partial charge in [-0.25, -0.2) is 15.0 Å². The number of carboxylic acid groups (broad SMARTS) is 1. The van der Waals surface area contributed by atoms with Crippen molar-refractivity contribution in [3.8, 4) is 16.9 Å². The number of fused-ring (bicyclic) bond motifs is 5. The molecule has 1 aliphatic carbocycles. The van der Waals surface area contributed by atoms with E-state index in [9.17, 15) is 18.7 Å². The molecule has 3 unspecified atom stereocenters. The number of anilines is 2. The van der Waals surface area contributed by atoms with Crippen LogP contribution in [0.2, 0.25) is 0 Å². The number of halogens is 2. The number of carboxylic acids is 1. The van der Waals surface area contributed by atoms with E-state index in [-0.39, 0.29) is 29.5 Å². The third-order valence-electron chi connectivity index (χ3n) is 8.32. The van der Waals surface area contributed by atoms with Crippen LogP contribution in [0.1, 0.15) is 24.4 Å². The highest BCUT2D eigenvalue weighted by molar-refractivity contribution is 5.85. The van der Waals surface area contributed by atoms with E-state index >= 15 is 0 Å². The third kappa shape index (κ3) is 4.03. The SMILES string of the molecule is O=C(O)C1C2CC[C@@H]1CN(c1ncc(-c3ccc4nc5n(c4c3)C(c3ccccc3OC(F)F)CN5)cn1)C2. The Morgan fingerprint density at radius 1 is 1.05 bits per heavy atom. The third-order valence-corrected chi connectivity index (χ3v) is 8.32. The smallest absolute Gasteiger partial charge is 0.387 e. The molecule has 11 heteroatoms. The van der Waals surface area contributed by atoms with E-state index in [1.807, 2.05) is 28.8 Å². The van der Waals surface area contributed by atoms with Crippen molar-refractivity contribution in [3.05, 3.63) is 60.4 Å². The minimum absolute atomic E-state index is 0.133. The average molecular weight is 533 g/mol. The maximum absolute atomic E-state index is 13.1. The number of carbonyl (C=O) groups is 1. The molecule has 0 spiro atoms. The maximum atomic E-state index is 13.1. The van der Waals surface area contributed by atoms with Gasteiger partial charge in [0.15, 0.2) is 0 Å². The van der Waals surface area contributed by atoms with Crippen LogP contribution in [0.4, 0.5) is 20.7 Å². The number of hydrogen-bond donors (Lipinski definition) is 2. The predicted molar refractivity (Wildman–Crippen MR) is 140 cm³/mol. The van der Waals surface area contributed by atoms with Gasteiger partial charge in [0, 0.05) is 43.2 Å². The van der Waals surface area contributed by atoms with E-state index in [0.717, 1.165) is 35.0 Å². The molecule has 2 fully saturated rings. The van der Waals surface area contributed by atoms with Crippen LogP contribution < -0.4 is 15.0 Å². The first-order chi connectivity index (χ1) is 19.0. The molecule has 200 valence electrons. The van der Waals surface area contributed by atoms with Crippen LogP contribution in [0.3, 0.4) is 0 Å². The Bertz CT molecular complexity index is 1540. The van der Waals surface area contributed by atoms with Gasteiger partial charge in [0.05, 0.1) is 23.0 Å². The fraction of sp³-hybridized carbons (Fsp3) is 0.357. The van der Waals surface area contributed by atoms with Gasteiger partial charge < -0.3 is 24.6 Å². The van der Waals surface area contributed by atoms with Crippen LogP contribution >= 0.6 is 0 Å². The van der Waals surface area contributed by atoms with Gasteiger partial charge in [-0.15, -0.1) is 0 Å². The van der Waals surface area contributed by atoms with Crippen molar-refractivity contribution >= 4 is 28.9 Å². The number of alkyl halides is 2. The summed E-state index contributed by atoms with van der Waals surface area (Å²) >= 11 is 0. The first kappa shape index (κ1) is 23.8. The lowest BCUT2D eigenvalue weighted by atomic mass is 9.85. The Kier molecular flexibility index (Phi) is 5.60. The number of benzene rings is 2. The molecule has 9 nitrogen and oxygen atoms in total. The minimum atomic E-state index is -2.91. The summed E-state index contributed by atoms with van der Waals surface area (Å²) in [4.78, 5) is 27.7. The minimum Gasteiger partial charge on any atom is -0.481 e. The zero-order chi connectivity index (χ0) is 26.7. The first-order valence-electron chi connectivity index (χ1n) is 13.1. The van der Waals surface area contributed by atoms with Crippen LogP contribution in [-0.4, -0.2) is 56.8 Å². The molecule has 0 amide bonds. The lowest BCUT2D eigenvalue weighted by Gasteiger charge is -2.35. The Morgan fingerprint density at radius 2 is 1.79 bits per heavy atom. The summed E-state index contributed by atoms with van der Waals surface area (Å²) < 4.78 is 32.9. The molecule has 2 aromatic heterocycles. The number of piperidine rings is 1. The highest BCUT2D eigenvalue weighted by Crippen LogP contribution is 2.43. The topological polar surface area (TPSA) is 105 Å². The molecule has 39 heavy (non-hydrogen) atoms. The summed E-state index contributed by atoms with van der Waals surface area (Å²) in [5.74, 6) is 0.743. The van der Waals surface area contributed by atoms with Crippen molar-refractivity contribution in [1.82, 2.24) is 19.5 Å². The van der Waals surface area contributed by atoms with Gasteiger partial charge >= 0.3 is 12.6 Å². The van der Waals surface area contributed by atoms with Crippen LogP contribution in [0.5, 0.6) is 5.75 Å². The molecular formula is C28H26F2N6O3. The van der Waals surface area contributed by atoms with E-state index in [0.29, 0.717) is 37.1 Å². The zero-order valence-electron chi connectivity index (χ0n) is 20.9. The number of imidazole rings is 1. The van der Waals surface area contributed by atoms with Crippen molar-refractivity contribution < 1.29 is 23.4 Å². The Morgan fingerprint density at radius 3 is 2.51 bits per heavy atom. The molecular weight excluding hydrogens is 506 g/mol. The molecule has 2 N–H and O–H groups in total. The van der Waals surface area contributed by atoms with Gasteiger partial charge in [0.2, 0.25) is 11.9 Å². The number of rotatable bonds is 6. The molecule has 2 bridgehead atoms. The van der Waals surface area contributed by atoms with Crippen LogP contribution in [0.15, 0.2) is 54.9 Å². The first-order valence-corrected chi connectivity index (χ1v) is 13.1. The fourth-order valence-corrected chi connectivity index (χ4v) is 6.62. The largest absolute Gasteiger partial charge is 0.481 e. The van der Waals surface area contributed by atoms with Gasteiger partial charge in [-0.1, -0.05) is 24.3 Å². The van der Waals surface area contributed by atoms with Crippen LogP contribution in [0.25, 0.3) is 22.2 Å². The second kappa shape index (κ2) is 9.18. The molecule has 2 aliphatic heterocycles. The summed E-state index contributed by atoms with van der Waals surface area (Å²) in [6.07, 6.45) is 5.44. The summed E-state index contributed by atoms with van der Waals surface area (Å²) in [7, 11) is 0. The van der Waals surface area contributed by atoms with E-state index in [1.165, 1.54) is 0 Å². The number of hydrogen-bond acceptors (Lipinski definition) is 7. The Balaban J connectivity index is 1.18. The quantitative estimate of drug-likeness (QED) is 0.370. The van der Waals surface area contributed by atoms with E-state index in [4.69, 9.17) is 9.72 Å². The monoisotopic (exact) mass is 532 g/mol. The lowest BCUT2D eigenvalue weighted by Crippen LogP contribution is -2.45. The van der Waals surface area contributed by atoms with Crippen molar-refractivity contribution in [1.29, 1.82) is 0 Å². The average Bonchev–Trinajstić information content (AvgIpc) is 3.58. The van der Waals surface area contributed by atoms with Gasteiger partial charge in [-0.2, -0.15) is 8.78 Å². The number of aliphatic carboxylic acids is 1. The van der Waals surface area contributed by atoms with Gasteiger partial charge in [0.1, 0.15) is 5.75 Å². The molecule has 4 heterocycles. The molecule has 7 rings (SSSR count). The molecule has 4 aromatic rings. The second-order valence-electron chi connectivity index (χ2n) is 10.5. The highest BCUT2D eigenvalue weighted by Gasteiger charge is 2.46. The predicted octanol–water partition coefficient (Wildman–Crippen LogP) is 4.66. The van der Waals surface area contributed by atoms with Gasteiger partial charge in [0.25, 0.3) is 0 Å². The van der Waals surface area contributed by atoms with Crippen molar-refractivity contribution in [2.24, 2.45) is 17.8 Å². The van der Waals surface area contributed by atoms with Crippen molar-refractivity contribution in [2.75, 3.05) is 29.9 Å². The normalized spacial score (nSPS) is 23.7. The number of ether oxygens (including phenoxy) is 1. The fourth-order valence-electron chi connectivity index (χ4n) is 6.62. The lowest BCUT2D eigenvalue weighted by molar-refractivity contribution is -0.144. The molecule has 1 saturated heterocycles. The maximum Gasteiger partial charge on any atom is 0.387 e. The molecule has 0 radical (unpaired) electrons. The highest BCUT2D eigenvalue weighted by atomic mass is 19.3. The summed E-state index contributed by atoms with van der Waals surface area (Å²) in [6, 6.07) is 12.5. The molecule has 3 aliphatic rings. The second-order valence-corrected chi connectivity index (χ2v) is 10.5. The standard InChI is InChI=1S/C28H26F2N6O3/c29-26(30)39-23-4-2-1-3-19(23)22-12-33-28-34-20-8-7-15(9-21(20)36(22)28)18-10-31-27(32-11-18)35-13-16-5-6-17(14-35)24(16)25(37)38/h1-4,7-11,16-17,22,24,26H,5-6,12-14H2,(H,33,34)(H,37,38)/t16-,17?,22?,24?/m1/s1. The summed E-state index contributed by atoms with van der Waals surface area (Å²) in [6.45, 7) is -1.09. The summed E-state index contributed by atoms with van der Waals surface area (Å²) in [5.41, 5.74) is 4.04. The molecule has 1 saturated carbocycles. The van der Waals surface area contributed by atoms with Crippen molar-refractivity contribution in [2.45, 2.75) is 25.5 Å². The zero-order valence-corrected chi connectivity index (χ0v) is 20.9. The van der Waals surface area contributed by atoms with Crippen molar-refractivity contribution in [3.63, 3.8) is 0 Å². The van der Waals surface area contributed by atoms with E-state index in [2.05, 4.69) is 20.2 Å². The number of nitrogens with one attached hydrogen (secondary N) is 1. The van der Waals surface area contributed by atoms with E-state index in [1.54, 1.807) is 30.6 Å². The summed E-state index contributed by atoms with van der Waals surface area (Å²) in [5, 5.41) is 12.9. The van der Waals surface area contributed by atoms with Gasteiger partial charge in [-0.3, -0.25) is 4.79 Å². The van der Waals surface area contributed by atoms with Gasteiger partial charge in [-0.05, 0) is 48.4 Å². The van der Waals surface area contributed by atoms with E-state index < -0.39 is 12.6 Å². The number of nitrogens with zero attached hydrogens (tertiary/aromatic N) is 5. The van der Waals surface area contributed by atoms with Crippen LogP contribution in [-0.2, 0) is 4.79 Å². The number of para-hydroxylation sites is 1. The Labute approximate surface area is 222 Å². The molecule has 2 aromatic carbocycles. The Hall–Kier alpha value is -4.28. The van der Waals surface area contributed by atoms with Crippen LogP contribution in [0, 0.1) is 17.8 Å². The number of aromatic nitrogens is 4. The molecule has 4 atom stereocenters.